The highest BCUT2D eigenvalue weighted by molar-refractivity contribution is 5.91. The number of likely N-dealkylation sites (N-methyl/N-ethyl adjacent to an activating group) is 2. The first-order valence-electron chi connectivity index (χ1n) is 23.0. The molecule has 2 aromatic carbocycles. The van der Waals surface area contributed by atoms with Crippen molar-refractivity contribution >= 4 is 35.1 Å². The van der Waals surface area contributed by atoms with Crippen LogP contribution in [0.5, 0.6) is 0 Å². The predicted molar refractivity (Wildman–Crippen MR) is 248 cm³/mol. The first-order chi connectivity index (χ1) is 30.3. The van der Waals surface area contributed by atoms with E-state index in [1.807, 2.05) is 90.9 Å². The molecule has 0 bridgehead atoms. The lowest BCUT2D eigenvalue weighted by molar-refractivity contribution is -0.384. The number of hydrogen-bond acceptors (Lipinski definition) is 10. The van der Waals surface area contributed by atoms with E-state index in [0.29, 0.717) is 44.2 Å². The highest BCUT2D eigenvalue weighted by Crippen LogP contribution is 2.30. The first kappa shape index (κ1) is 53.6. The maximum Gasteiger partial charge on any atom is 0.269 e. The molecule has 0 aliphatic carbocycles. The van der Waals surface area contributed by atoms with Crippen LogP contribution in [0.15, 0.2) is 54.6 Å². The third-order valence-electron chi connectivity index (χ3n) is 13.0. The normalized spacial score (nSPS) is 17.9. The maximum atomic E-state index is 14.4. The van der Waals surface area contributed by atoms with Crippen LogP contribution in [0.25, 0.3) is 0 Å². The van der Waals surface area contributed by atoms with Crippen LogP contribution in [0.4, 0.5) is 5.69 Å². The van der Waals surface area contributed by atoms with E-state index < -0.39 is 59.2 Å². The Morgan fingerprint density at radius 2 is 1.50 bits per heavy atom. The zero-order valence-corrected chi connectivity index (χ0v) is 40.4. The van der Waals surface area contributed by atoms with Gasteiger partial charge in [0.2, 0.25) is 23.6 Å². The summed E-state index contributed by atoms with van der Waals surface area (Å²) >= 11 is 0. The number of carbonyl (C=O) groups excluding carboxylic acids is 5. The Morgan fingerprint density at radius 3 is 2.03 bits per heavy atom. The number of methoxy groups -OCH3 is 2. The average Bonchev–Trinajstić information content (AvgIpc) is 3.74. The minimum atomic E-state index is -0.890. The van der Waals surface area contributed by atoms with Crippen molar-refractivity contribution in [3.05, 3.63) is 75.8 Å². The molecule has 0 radical (unpaired) electrons. The van der Waals surface area contributed by atoms with Crippen LogP contribution in [-0.4, -0.2) is 133 Å². The summed E-state index contributed by atoms with van der Waals surface area (Å²) in [6.07, 6.45) is 2.23. The zero-order chi connectivity index (χ0) is 47.8. The van der Waals surface area contributed by atoms with Gasteiger partial charge in [-0.15, -0.1) is 0 Å². The van der Waals surface area contributed by atoms with Crippen molar-refractivity contribution in [2.24, 2.45) is 23.7 Å². The van der Waals surface area contributed by atoms with Crippen LogP contribution < -0.4 is 10.6 Å². The highest BCUT2D eigenvalue weighted by atomic mass is 16.6. The van der Waals surface area contributed by atoms with E-state index in [-0.39, 0.29) is 66.2 Å². The van der Waals surface area contributed by atoms with Gasteiger partial charge in [-0.2, -0.15) is 0 Å². The molecule has 1 aliphatic heterocycles. The standard InChI is InChI=1S/C49H76N6O9/c1-13-33(6)45(53(10)49(60)43(31(2)3)51-48(59)44(32(4)5)52(8)9)41(63-11)30-42(57)54-28-18-22-39(54)46(64-12)34(7)47(58)50-38(29-36-24-26-37(27-25-36)55(61)62)40(56)23-17-21-35-19-15-14-16-20-35/h14-16,19-20,24-27,31-34,38-39,41,43-46H,13,17-18,21-23,28-30H2,1-12H3,(H,50,58)(H,51,59)/t33-,34+,38?,39-,41+,43?,44-,45?,46+/m0/s1. The highest BCUT2D eigenvalue weighted by Gasteiger charge is 2.43. The van der Waals surface area contributed by atoms with E-state index >= 15 is 0 Å². The number of nitro benzene ring substituents is 1. The number of likely N-dealkylation sites (tertiary alicyclic amines) is 1. The SMILES string of the molecule is CC[C@H](C)C([C@@H](CC(=O)N1CCC[C@H]1[C@H](OC)[C@@H](C)C(=O)NC(Cc1ccc([N+](=O)[O-])cc1)C(=O)CCCc1ccccc1)OC)N(C)C(=O)C(NC(=O)[C@H](C(C)C)N(C)C)C(C)C. The summed E-state index contributed by atoms with van der Waals surface area (Å²) in [6.45, 7) is 14.0. The van der Waals surface area contributed by atoms with Gasteiger partial charge in [-0.3, -0.25) is 39.0 Å². The van der Waals surface area contributed by atoms with Gasteiger partial charge in [-0.25, -0.2) is 0 Å². The minimum Gasteiger partial charge on any atom is -0.379 e. The van der Waals surface area contributed by atoms with Crippen molar-refractivity contribution in [3.8, 4) is 0 Å². The van der Waals surface area contributed by atoms with Gasteiger partial charge in [0.05, 0.1) is 53.6 Å². The fourth-order valence-corrected chi connectivity index (χ4v) is 9.23. The summed E-state index contributed by atoms with van der Waals surface area (Å²) < 4.78 is 12.1. The van der Waals surface area contributed by atoms with Gasteiger partial charge in [0.15, 0.2) is 5.78 Å². The topological polar surface area (TPSA) is 181 Å². The Morgan fingerprint density at radius 1 is 0.859 bits per heavy atom. The smallest absolute Gasteiger partial charge is 0.269 e. The summed E-state index contributed by atoms with van der Waals surface area (Å²) in [7, 11) is 8.46. The minimum absolute atomic E-state index is 0.0212. The van der Waals surface area contributed by atoms with E-state index in [2.05, 4.69) is 10.6 Å². The largest absolute Gasteiger partial charge is 0.379 e. The molecular formula is C49H76N6O9. The second kappa shape index (κ2) is 25.7. The van der Waals surface area contributed by atoms with E-state index in [4.69, 9.17) is 9.47 Å². The summed E-state index contributed by atoms with van der Waals surface area (Å²) in [5.74, 6) is -2.24. The lowest BCUT2D eigenvalue weighted by Gasteiger charge is -2.41. The Kier molecular flexibility index (Phi) is 21.5. The lowest BCUT2D eigenvalue weighted by Crippen LogP contribution is -2.59. The predicted octanol–water partition coefficient (Wildman–Crippen LogP) is 5.86. The average molecular weight is 893 g/mol. The van der Waals surface area contributed by atoms with E-state index in [9.17, 15) is 34.1 Å². The van der Waals surface area contributed by atoms with Crippen LogP contribution in [0, 0.1) is 33.8 Å². The van der Waals surface area contributed by atoms with Gasteiger partial charge in [0.1, 0.15) is 6.04 Å². The number of nitrogens with one attached hydrogen (secondary N) is 2. The third kappa shape index (κ3) is 14.6. The number of nitro groups is 1. The molecule has 9 atom stereocenters. The van der Waals surface area contributed by atoms with E-state index in [1.54, 1.807) is 43.0 Å². The molecule has 2 aromatic rings. The van der Waals surface area contributed by atoms with Crippen molar-refractivity contribution in [2.45, 2.75) is 142 Å². The van der Waals surface area contributed by atoms with Crippen molar-refractivity contribution in [3.63, 3.8) is 0 Å². The summed E-state index contributed by atoms with van der Waals surface area (Å²) in [6, 6.07) is 12.7. The van der Waals surface area contributed by atoms with Crippen molar-refractivity contribution in [1.29, 1.82) is 0 Å². The van der Waals surface area contributed by atoms with Crippen LogP contribution in [0.2, 0.25) is 0 Å². The second-order valence-electron chi connectivity index (χ2n) is 18.5. The number of hydrogen-bond donors (Lipinski definition) is 2. The van der Waals surface area contributed by atoms with Crippen molar-refractivity contribution in [2.75, 3.05) is 41.9 Å². The monoisotopic (exact) mass is 893 g/mol. The van der Waals surface area contributed by atoms with Gasteiger partial charge in [0.25, 0.3) is 5.69 Å². The quantitative estimate of drug-likeness (QED) is 0.0858. The Hall–Kier alpha value is -4.73. The molecule has 356 valence electrons. The Bertz CT molecular complexity index is 1820. The summed E-state index contributed by atoms with van der Waals surface area (Å²) in [5.41, 5.74) is 1.70. The van der Waals surface area contributed by atoms with Crippen LogP contribution in [0.3, 0.4) is 0 Å². The Labute approximate surface area is 381 Å². The van der Waals surface area contributed by atoms with Gasteiger partial charge in [-0.05, 0) is 75.1 Å². The third-order valence-corrected chi connectivity index (χ3v) is 13.0. The molecule has 0 aromatic heterocycles. The molecule has 64 heavy (non-hydrogen) atoms. The number of nitrogens with zero attached hydrogens (tertiary/aromatic N) is 4. The number of ether oxygens (including phenoxy) is 2. The lowest BCUT2D eigenvalue weighted by atomic mass is 9.89. The Balaban J connectivity index is 1.81. The molecule has 0 spiro atoms. The molecule has 2 N–H and O–H groups in total. The molecule has 1 saturated heterocycles. The molecule has 1 aliphatic rings. The number of ketones is 1. The molecule has 4 amide bonds. The van der Waals surface area contributed by atoms with Crippen LogP contribution in [-0.2, 0) is 46.3 Å². The van der Waals surface area contributed by atoms with Crippen molar-refractivity contribution < 1.29 is 38.4 Å². The molecule has 15 nitrogen and oxygen atoms in total. The molecule has 3 unspecified atom stereocenters. The van der Waals surface area contributed by atoms with E-state index in [1.165, 1.54) is 19.2 Å². The van der Waals surface area contributed by atoms with Gasteiger partial charge >= 0.3 is 0 Å². The van der Waals surface area contributed by atoms with E-state index in [0.717, 1.165) is 5.56 Å². The number of carbonyl (C=O) groups is 5. The number of benzene rings is 2. The molecule has 1 fully saturated rings. The fraction of sp³-hybridized carbons (Fsp3) is 0.653. The van der Waals surface area contributed by atoms with Crippen LogP contribution in [0.1, 0.15) is 98.1 Å². The fourth-order valence-electron chi connectivity index (χ4n) is 9.23. The first-order valence-corrected chi connectivity index (χ1v) is 23.0. The summed E-state index contributed by atoms with van der Waals surface area (Å²) in [4.78, 5) is 86.2. The molecule has 15 heteroatoms. The maximum absolute atomic E-state index is 14.4. The number of aryl methyl sites for hydroxylation is 1. The molecule has 0 saturated carbocycles. The molecular weight excluding hydrogens is 817 g/mol. The van der Waals surface area contributed by atoms with Gasteiger partial charge < -0.3 is 29.9 Å². The summed E-state index contributed by atoms with van der Waals surface area (Å²) in [5, 5.41) is 17.3. The number of amides is 4. The second-order valence-corrected chi connectivity index (χ2v) is 18.5. The molecule has 3 rings (SSSR count). The van der Waals surface area contributed by atoms with Crippen molar-refractivity contribution in [1.82, 2.24) is 25.3 Å². The van der Waals surface area contributed by atoms with Gasteiger partial charge in [0, 0.05) is 46.4 Å². The molecule has 1 heterocycles. The van der Waals surface area contributed by atoms with Gasteiger partial charge in [-0.1, -0.05) is 97.4 Å². The number of non-ortho nitro benzene ring substituents is 1. The van der Waals surface area contributed by atoms with Crippen LogP contribution >= 0.6 is 0 Å². The number of Topliss-reactive ketones (excluding diaryl/α,β-unsaturated/α-hetero) is 1. The number of rotatable bonds is 26. The zero-order valence-electron chi connectivity index (χ0n) is 40.4.